The number of aryl methyl sites for hydroxylation is 1. The maximum Gasteiger partial charge on any atom is 0.223 e. The smallest absolute Gasteiger partial charge is 0.223 e. The topological polar surface area (TPSA) is 67.6 Å². The summed E-state index contributed by atoms with van der Waals surface area (Å²) in [6, 6.07) is 2.33. The van der Waals surface area contributed by atoms with Crippen LogP contribution in [0.4, 0.5) is 0 Å². The lowest BCUT2D eigenvalue weighted by Crippen LogP contribution is -2.45. The fraction of sp³-hybridized carbons (Fsp3) is 0.789. The molecule has 1 aromatic heterocycles. The number of likely N-dealkylation sites (tertiary alicyclic amines) is 1. The van der Waals surface area contributed by atoms with Crippen molar-refractivity contribution in [3.8, 4) is 0 Å². The van der Waals surface area contributed by atoms with Crippen molar-refractivity contribution in [1.82, 2.24) is 15.4 Å². The molecule has 1 aromatic rings. The van der Waals surface area contributed by atoms with Crippen LogP contribution in [0.1, 0.15) is 44.1 Å². The molecule has 1 amide bonds. The first-order chi connectivity index (χ1) is 12.2. The number of rotatable bonds is 6. The molecule has 7 heteroatoms. The van der Waals surface area contributed by atoms with Crippen molar-refractivity contribution < 1.29 is 14.1 Å². The summed E-state index contributed by atoms with van der Waals surface area (Å²) in [6.07, 6.45) is 5.23. The van der Waals surface area contributed by atoms with Crippen molar-refractivity contribution in [2.24, 2.45) is 17.8 Å². The van der Waals surface area contributed by atoms with E-state index in [0.717, 1.165) is 56.3 Å². The largest absolute Gasteiger partial charge is 0.381 e. The Labute approximate surface area is 161 Å². The number of carbonyl (C=O) groups is 1. The number of ether oxygens (including phenoxy) is 1. The zero-order chi connectivity index (χ0) is 17.2. The van der Waals surface area contributed by atoms with Crippen molar-refractivity contribution in [3.63, 3.8) is 0 Å². The summed E-state index contributed by atoms with van der Waals surface area (Å²) >= 11 is 0. The van der Waals surface area contributed by atoms with Crippen molar-refractivity contribution in [2.45, 2.75) is 51.6 Å². The Morgan fingerprint density at radius 2 is 2.04 bits per heavy atom. The SMILES string of the molecule is CCc1cc(CN2C[C@H](NC(=O)C3CCOCC3)[C@@H](C3CC3)C2)on1.Cl. The summed E-state index contributed by atoms with van der Waals surface area (Å²) in [4.78, 5) is 15.1. The van der Waals surface area contributed by atoms with E-state index in [0.29, 0.717) is 19.1 Å². The van der Waals surface area contributed by atoms with Crippen LogP contribution in [-0.4, -0.2) is 48.3 Å². The first-order valence-corrected chi connectivity index (χ1v) is 9.78. The number of hydrogen-bond acceptors (Lipinski definition) is 5. The van der Waals surface area contributed by atoms with E-state index in [-0.39, 0.29) is 30.3 Å². The third-order valence-corrected chi connectivity index (χ3v) is 5.94. The van der Waals surface area contributed by atoms with Crippen LogP contribution >= 0.6 is 12.4 Å². The Balaban J connectivity index is 0.00000196. The minimum atomic E-state index is 0. The fourth-order valence-electron chi connectivity index (χ4n) is 4.27. The molecule has 2 atom stereocenters. The molecule has 3 fully saturated rings. The molecule has 0 bridgehead atoms. The lowest BCUT2D eigenvalue weighted by Gasteiger charge is -2.25. The van der Waals surface area contributed by atoms with Gasteiger partial charge in [0.2, 0.25) is 5.91 Å². The average molecular weight is 384 g/mol. The zero-order valence-electron chi connectivity index (χ0n) is 15.5. The van der Waals surface area contributed by atoms with Crippen LogP contribution in [0, 0.1) is 17.8 Å². The summed E-state index contributed by atoms with van der Waals surface area (Å²) < 4.78 is 10.8. The highest BCUT2D eigenvalue weighted by Crippen LogP contribution is 2.41. The van der Waals surface area contributed by atoms with Crippen LogP contribution in [0.25, 0.3) is 0 Å². The lowest BCUT2D eigenvalue weighted by atomic mass is 9.95. The minimum Gasteiger partial charge on any atom is -0.381 e. The van der Waals surface area contributed by atoms with Gasteiger partial charge in [0, 0.05) is 44.3 Å². The van der Waals surface area contributed by atoms with E-state index in [1.807, 2.05) is 0 Å². The van der Waals surface area contributed by atoms with Crippen molar-refractivity contribution in [1.29, 1.82) is 0 Å². The monoisotopic (exact) mass is 383 g/mol. The Bertz CT molecular complexity index is 599. The highest BCUT2D eigenvalue weighted by Gasteiger charge is 2.43. The third kappa shape index (κ3) is 4.59. The molecule has 0 spiro atoms. The van der Waals surface area contributed by atoms with Gasteiger partial charge in [-0.1, -0.05) is 12.1 Å². The standard InChI is InChI=1S/C19H29N3O3.ClH/c1-2-15-9-16(25-21-15)10-22-11-17(13-3-4-13)18(12-22)20-19(23)14-5-7-24-8-6-14;/h9,13-14,17-18H,2-8,10-12H2,1H3,(H,20,23);1H/t17-,18+;/m1./s1. The normalized spacial score (nSPS) is 27.3. The summed E-state index contributed by atoms with van der Waals surface area (Å²) in [7, 11) is 0. The molecule has 1 aliphatic carbocycles. The van der Waals surface area contributed by atoms with Gasteiger partial charge in [0.15, 0.2) is 5.76 Å². The highest BCUT2D eigenvalue weighted by molar-refractivity contribution is 5.85. The molecular formula is C19H30ClN3O3. The van der Waals surface area contributed by atoms with Gasteiger partial charge in [0.25, 0.3) is 0 Å². The van der Waals surface area contributed by atoms with Gasteiger partial charge in [0.1, 0.15) is 0 Å². The number of hydrogen-bond donors (Lipinski definition) is 1. The van der Waals surface area contributed by atoms with E-state index in [9.17, 15) is 4.79 Å². The van der Waals surface area contributed by atoms with Crippen molar-refractivity contribution in [2.75, 3.05) is 26.3 Å². The van der Waals surface area contributed by atoms with Gasteiger partial charge in [-0.3, -0.25) is 9.69 Å². The van der Waals surface area contributed by atoms with Gasteiger partial charge in [-0.25, -0.2) is 0 Å². The first kappa shape index (κ1) is 19.6. The van der Waals surface area contributed by atoms with Crippen LogP contribution in [0.5, 0.6) is 0 Å². The Morgan fingerprint density at radius 3 is 2.69 bits per heavy atom. The molecule has 3 heterocycles. The molecule has 3 aliphatic rings. The molecule has 1 N–H and O–H groups in total. The molecule has 6 nitrogen and oxygen atoms in total. The molecule has 2 aliphatic heterocycles. The molecule has 1 saturated carbocycles. The van der Waals surface area contributed by atoms with E-state index in [2.05, 4.69) is 28.4 Å². The van der Waals surface area contributed by atoms with Crippen LogP contribution < -0.4 is 5.32 Å². The summed E-state index contributed by atoms with van der Waals surface area (Å²) in [5.74, 6) is 2.66. The van der Waals surface area contributed by atoms with Crippen LogP contribution in [0.2, 0.25) is 0 Å². The summed E-state index contributed by atoms with van der Waals surface area (Å²) in [5.41, 5.74) is 1.01. The second-order valence-electron chi connectivity index (χ2n) is 7.84. The Morgan fingerprint density at radius 1 is 1.27 bits per heavy atom. The molecule has 0 radical (unpaired) electrons. The highest BCUT2D eigenvalue weighted by atomic mass is 35.5. The molecular weight excluding hydrogens is 354 g/mol. The van der Waals surface area contributed by atoms with Crippen LogP contribution in [0.3, 0.4) is 0 Å². The Hall–Kier alpha value is -1.11. The first-order valence-electron chi connectivity index (χ1n) is 9.78. The van der Waals surface area contributed by atoms with Gasteiger partial charge in [-0.2, -0.15) is 0 Å². The van der Waals surface area contributed by atoms with Gasteiger partial charge in [-0.05, 0) is 43.9 Å². The van der Waals surface area contributed by atoms with Crippen LogP contribution in [-0.2, 0) is 22.5 Å². The molecule has 26 heavy (non-hydrogen) atoms. The number of halogens is 1. The fourth-order valence-corrected chi connectivity index (χ4v) is 4.27. The average Bonchev–Trinajstić information content (AvgIpc) is 3.26. The Kier molecular flexibility index (Phi) is 6.59. The van der Waals surface area contributed by atoms with E-state index < -0.39 is 0 Å². The van der Waals surface area contributed by atoms with E-state index >= 15 is 0 Å². The predicted octanol–water partition coefficient (Wildman–Crippen LogP) is 2.41. The van der Waals surface area contributed by atoms with E-state index in [1.165, 1.54) is 12.8 Å². The second kappa shape index (κ2) is 8.72. The second-order valence-corrected chi connectivity index (χ2v) is 7.84. The zero-order valence-corrected chi connectivity index (χ0v) is 16.3. The number of carbonyl (C=O) groups excluding carboxylic acids is 1. The number of amides is 1. The minimum absolute atomic E-state index is 0. The van der Waals surface area contributed by atoms with E-state index in [1.54, 1.807) is 0 Å². The summed E-state index contributed by atoms with van der Waals surface area (Å²) in [5, 5.41) is 7.46. The predicted molar refractivity (Wildman–Crippen MR) is 100 cm³/mol. The molecule has 2 saturated heterocycles. The third-order valence-electron chi connectivity index (χ3n) is 5.94. The quantitative estimate of drug-likeness (QED) is 0.817. The van der Waals surface area contributed by atoms with Crippen molar-refractivity contribution >= 4 is 18.3 Å². The lowest BCUT2D eigenvalue weighted by molar-refractivity contribution is -0.128. The van der Waals surface area contributed by atoms with Gasteiger partial charge >= 0.3 is 0 Å². The number of nitrogens with one attached hydrogen (secondary N) is 1. The summed E-state index contributed by atoms with van der Waals surface area (Å²) in [6.45, 7) is 6.27. The number of aromatic nitrogens is 1. The van der Waals surface area contributed by atoms with Gasteiger partial charge in [-0.15, -0.1) is 12.4 Å². The molecule has 0 unspecified atom stereocenters. The van der Waals surface area contributed by atoms with E-state index in [4.69, 9.17) is 9.26 Å². The molecule has 0 aromatic carbocycles. The maximum atomic E-state index is 12.6. The molecule has 146 valence electrons. The molecule has 4 rings (SSSR count). The van der Waals surface area contributed by atoms with Crippen molar-refractivity contribution in [3.05, 3.63) is 17.5 Å². The number of nitrogens with zero attached hydrogens (tertiary/aromatic N) is 2. The van der Waals surface area contributed by atoms with Crippen LogP contribution in [0.15, 0.2) is 10.6 Å². The maximum absolute atomic E-state index is 12.6. The van der Waals surface area contributed by atoms with Gasteiger partial charge in [0.05, 0.1) is 12.2 Å². The van der Waals surface area contributed by atoms with Gasteiger partial charge < -0.3 is 14.6 Å².